The molecule has 0 aromatic carbocycles. The molecule has 3 saturated carbocycles. The first-order valence-electron chi connectivity index (χ1n) is 13.0. The van der Waals surface area contributed by atoms with Crippen molar-refractivity contribution in [3.05, 3.63) is 44.4 Å². The van der Waals surface area contributed by atoms with Crippen molar-refractivity contribution in [1.82, 2.24) is 15.1 Å². The van der Waals surface area contributed by atoms with Gasteiger partial charge in [0, 0.05) is 12.1 Å². The number of amides is 1. The first kappa shape index (κ1) is 23.8. The molecule has 2 aromatic rings. The van der Waals surface area contributed by atoms with E-state index < -0.39 is 0 Å². The Morgan fingerprint density at radius 1 is 1.29 bits per heavy atom. The lowest BCUT2D eigenvalue weighted by Gasteiger charge is -2.60. The fourth-order valence-corrected chi connectivity index (χ4v) is 8.74. The molecule has 2 heterocycles. The SMILES string of the molecule is CC1C=C(Cl)C(n2nc(C(=O)NCC3CCC4CC3C4(C)C)c3c2-c2sc(Cl)cc2CCC3)=CC1. The highest BCUT2D eigenvalue weighted by molar-refractivity contribution is 7.19. The number of carbonyl (C=O) groups excluding carboxylic acids is 1. The van der Waals surface area contributed by atoms with E-state index in [0.717, 1.165) is 64.3 Å². The summed E-state index contributed by atoms with van der Waals surface area (Å²) in [6.45, 7) is 7.70. The minimum absolute atomic E-state index is 0.0600. The van der Waals surface area contributed by atoms with Gasteiger partial charge in [-0.25, -0.2) is 4.68 Å². The van der Waals surface area contributed by atoms with Gasteiger partial charge in [0.15, 0.2) is 5.69 Å². The maximum absolute atomic E-state index is 13.6. The number of halogens is 2. The standard InChI is InChI=1S/C28H33Cl2N3OS/c1-15-7-10-22(21(29)11-15)33-25-19(6-4-5-16-12-23(30)35-26(16)25)24(32-33)27(34)31-14-17-8-9-18-13-20(17)28(18,2)3/h10-12,15,17-18,20H,4-9,13-14H2,1-3H3,(H,31,34). The Balaban J connectivity index is 1.35. The zero-order chi connectivity index (χ0) is 24.5. The summed E-state index contributed by atoms with van der Waals surface area (Å²) in [5.74, 6) is 2.46. The normalized spacial score (nSPS) is 28.7. The molecule has 0 radical (unpaired) electrons. The van der Waals surface area contributed by atoms with Gasteiger partial charge >= 0.3 is 0 Å². The van der Waals surface area contributed by atoms with Crippen LogP contribution in [-0.2, 0) is 12.8 Å². The van der Waals surface area contributed by atoms with Crippen LogP contribution in [0.1, 0.15) is 74.5 Å². The third-order valence-electron chi connectivity index (χ3n) is 9.18. The maximum Gasteiger partial charge on any atom is 0.272 e. The molecule has 7 heteroatoms. The number of fused-ring (bicyclic) bond motifs is 5. The Hall–Kier alpha value is -1.56. The fraction of sp³-hybridized carbons (Fsp3) is 0.571. The zero-order valence-corrected chi connectivity index (χ0v) is 23.0. The molecule has 4 unspecified atom stereocenters. The summed E-state index contributed by atoms with van der Waals surface area (Å²) in [4.78, 5) is 14.7. The van der Waals surface area contributed by atoms with Crippen LogP contribution in [0, 0.1) is 29.1 Å². The Labute approximate surface area is 221 Å². The maximum atomic E-state index is 13.6. The second-order valence-electron chi connectivity index (χ2n) is 11.6. The summed E-state index contributed by atoms with van der Waals surface area (Å²) >= 11 is 14.8. The van der Waals surface area contributed by atoms with E-state index in [1.807, 2.05) is 4.68 Å². The van der Waals surface area contributed by atoms with E-state index in [1.54, 1.807) is 11.3 Å². The van der Waals surface area contributed by atoms with Crippen LogP contribution in [0.4, 0.5) is 0 Å². The number of aromatic nitrogens is 2. The van der Waals surface area contributed by atoms with Crippen LogP contribution in [0.3, 0.4) is 0 Å². The van der Waals surface area contributed by atoms with Crippen LogP contribution in [-0.4, -0.2) is 22.2 Å². The highest BCUT2D eigenvalue weighted by Crippen LogP contribution is 2.61. The Morgan fingerprint density at radius 2 is 2.11 bits per heavy atom. The smallest absolute Gasteiger partial charge is 0.272 e. The molecule has 1 N–H and O–H groups in total. The molecule has 35 heavy (non-hydrogen) atoms. The van der Waals surface area contributed by atoms with Gasteiger partial charge in [-0.2, -0.15) is 5.10 Å². The highest BCUT2D eigenvalue weighted by atomic mass is 35.5. The molecule has 5 aliphatic carbocycles. The highest BCUT2D eigenvalue weighted by Gasteiger charge is 2.54. The number of carbonyl (C=O) groups is 1. The van der Waals surface area contributed by atoms with E-state index in [2.05, 4.69) is 44.3 Å². The summed E-state index contributed by atoms with van der Waals surface area (Å²) in [5, 5.41) is 8.92. The van der Waals surface area contributed by atoms with Crippen molar-refractivity contribution in [1.29, 1.82) is 0 Å². The summed E-state index contributed by atoms with van der Waals surface area (Å²) in [6.07, 6.45) is 11.7. The second-order valence-corrected chi connectivity index (χ2v) is 13.7. The van der Waals surface area contributed by atoms with Crippen LogP contribution in [0.2, 0.25) is 4.34 Å². The predicted octanol–water partition coefficient (Wildman–Crippen LogP) is 7.56. The Bertz CT molecular complexity index is 1250. The Morgan fingerprint density at radius 3 is 2.86 bits per heavy atom. The first-order chi connectivity index (χ1) is 16.7. The summed E-state index contributed by atoms with van der Waals surface area (Å²) in [5.41, 5.74) is 5.08. The molecule has 0 spiro atoms. The number of aryl methyl sites for hydroxylation is 1. The fourth-order valence-electron chi connectivity index (χ4n) is 7.01. The molecular formula is C28H33Cl2N3OS. The van der Waals surface area contributed by atoms with Crippen molar-refractivity contribution in [2.75, 3.05) is 6.54 Å². The van der Waals surface area contributed by atoms with Gasteiger partial charge in [0.25, 0.3) is 5.91 Å². The largest absolute Gasteiger partial charge is 0.350 e. The summed E-state index contributed by atoms with van der Waals surface area (Å²) < 4.78 is 2.69. The third-order valence-corrected chi connectivity index (χ3v) is 10.8. The third kappa shape index (κ3) is 3.93. The molecule has 4 atom stereocenters. The quantitative estimate of drug-likeness (QED) is 0.444. The molecule has 0 saturated heterocycles. The van der Waals surface area contributed by atoms with Crippen molar-refractivity contribution in [2.24, 2.45) is 29.1 Å². The number of rotatable bonds is 4. The molecular weight excluding hydrogens is 497 g/mol. The molecule has 2 aromatic heterocycles. The average Bonchev–Trinajstić information content (AvgIpc) is 3.32. The lowest BCUT2D eigenvalue weighted by Crippen LogP contribution is -2.54. The van der Waals surface area contributed by atoms with Gasteiger partial charge < -0.3 is 5.32 Å². The Kier molecular flexibility index (Phi) is 5.97. The van der Waals surface area contributed by atoms with Crippen molar-refractivity contribution in [3.8, 4) is 10.6 Å². The molecule has 4 nitrogen and oxygen atoms in total. The molecule has 7 rings (SSSR count). The van der Waals surface area contributed by atoms with Crippen LogP contribution < -0.4 is 5.32 Å². The van der Waals surface area contributed by atoms with E-state index in [1.165, 1.54) is 24.8 Å². The van der Waals surface area contributed by atoms with Crippen LogP contribution in [0.25, 0.3) is 16.3 Å². The molecule has 5 aliphatic rings. The number of thiophene rings is 1. The number of nitrogens with zero attached hydrogens (tertiary/aromatic N) is 2. The first-order valence-corrected chi connectivity index (χ1v) is 14.6. The lowest BCUT2D eigenvalue weighted by molar-refractivity contribution is -0.103. The molecule has 0 aliphatic heterocycles. The van der Waals surface area contributed by atoms with Gasteiger partial charge in [0.05, 0.1) is 25.6 Å². The minimum atomic E-state index is -0.0600. The zero-order valence-electron chi connectivity index (χ0n) is 20.7. The number of hydrogen-bond donors (Lipinski definition) is 1. The van der Waals surface area contributed by atoms with E-state index in [-0.39, 0.29) is 5.91 Å². The van der Waals surface area contributed by atoms with Gasteiger partial charge in [0.2, 0.25) is 0 Å². The second kappa shape index (κ2) is 8.78. The van der Waals surface area contributed by atoms with Crippen molar-refractivity contribution < 1.29 is 4.79 Å². The average molecular weight is 531 g/mol. The topological polar surface area (TPSA) is 46.9 Å². The van der Waals surface area contributed by atoms with E-state index >= 15 is 0 Å². The van der Waals surface area contributed by atoms with Gasteiger partial charge in [-0.3, -0.25) is 4.79 Å². The number of nitrogens with one attached hydrogen (secondary N) is 1. The van der Waals surface area contributed by atoms with Gasteiger partial charge in [-0.15, -0.1) is 11.3 Å². The monoisotopic (exact) mass is 529 g/mol. The van der Waals surface area contributed by atoms with Crippen molar-refractivity contribution >= 4 is 46.1 Å². The molecule has 186 valence electrons. The van der Waals surface area contributed by atoms with E-state index in [4.69, 9.17) is 28.3 Å². The van der Waals surface area contributed by atoms with Crippen LogP contribution in [0.15, 0.2) is 23.3 Å². The predicted molar refractivity (Wildman–Crippen MR) is 145 cm³/mol. The van der Waals surface area contributed by atoms with E-state index in [0.29, 0.717) is 33.9 Å². The minimum Gasteiger partial charge on any atom is -0.350 e. The number of allylic oxidation sites excluding steroid dienone is 4. The molecule has 2 bridgehead atoms. The summed E-state index contributed by atoms with van der Waals surface area (Å²) in [7, 11) is 0. The van der Waals surface area contributed by atoms with Gasteiger partial charge in [0.1, 0.15) is 0 Å². The van der Waals surface area contributed by atoms with Crippen molar-refractivity contribution in [2.45, 2.75) is 65.7 Å². The van der Waals surface area contributed by atoms with Crippen LogP contribution >= 0.6 is 34.5 Å². The number of hydrogen-bond acceptors (Lipinski definition) is 3. The summed E-state index contributed by atoms with van der Waals surface area (Å²) in [6, 6.07) is 2.07. The van der Waals surface area contributed by atoms with Crippen molar-refractivity contribution in [3.63, 3.8) is 0 Å². The molecule has 1 amide bonds. The lowest BCUT2D eigenvalue weighted by atomic mass is 9.45. The van der Waals surface area contributed by atoms with Crippen LogP contribution in [0.5, 0.6) is 0 Å². The van der Waals surface area contributed by atoms with E-state index in [9.17, 15) is 4.79 Å². The van der Waals surface area contributed by atoms with Gasteiger partial charge in [-0.1, -0.05) is 56.1 Å². The van der Waals surface area contributed by atoms with Gasteiger partial charge in [-0.05, 0) is 85.7 Å². The molecule has 3 fully saturated rings.